The molecule has 2 aromatic rings. The van der Waals surface area contributed by atoms with Crippen LogP contribution in [0.4, 0.5) is 0 Å². The number of imidazole rings is 1. The van der Waals surface area contributed by atoms with Gasteiger partial charge in [-0.05, 0) is 30.2 Å². The first-order chi connectivity index (χ1) is 13.8. The number of rotatable bonds is 9. The molecular formula is C22H38N2O4Si2. The van der Waals surface area contributed by atoms with Crippen molar-refractivity contribution in [3.05, 3.63) is 29.6 Å². The number of ether oxygens (including phenoxy) is 2. The summed E-state index contributed by atoms with van der Waals surface area (Å²) in [5.41, 5.74) is 2.64. The normalized spacial score (nSPS) is 13.1. The SMILES string of the molecule is COC(=O)c1nc2cccc(CO[Si](C)(C)C(C)(C)C)c2n1COCC[Si](C)(C)C. The first kappa shape index (κ1) is 24.8. The smallest absolute Gasteiger partial charge is 0.374 e. The number of hydrogen-bond donors (Lipinski definition) is 0. The minimum absolute atomic E-state index is 0.123. The molecule has 0 aliphatic rings. The van der Waals surface area contributed by atoms with Gasteiger partial charge in [0.05, 0.1) is 24.8 Å². The van der Waals surface area contributed by atoms with E-state index in [1.807, 2.05) is 22.8 Å². The van der Waals surface area contributed by atoms with Crippen molar-refractivity contribution in [2.24, 2.45) is 0 Å². The summed E-state index contributed by atoms with van der Waals surface area (Å²) < 4.78 is 19.2. The number of para-hydroxylation sites is 1. The highest BCUT2D eigenvalue weighted by molar-refractivity contribution is 6.76. The van der Waals surface area contributed by atoms with Gasteiger partial charge < -0.3 is 13.9 Å². The van der Waals surface area contributed by atoms with Crippen LogP contribution in [-0.4, -0.2) is 45.6 Å². The Kier molecular flexibility index (Phi) is 7.71. The van der Waals surface area contributed by atoms with Crippen LogP contribution in [0, 0.1) is 0 Å². The minimum Gasteiger partial charge on any atom is -0.463 e. The van der Waals surface area contributed by atoms with Crippen LogP contribution in [0.1, 0.15) is 37.0 Å². The third-order valence-corrected chi connectivity index (χ3v) is 12.0. The summed E-state index contributed by atoms with van der Waals surface area (Å²) in [6.45, 7) is 19.5. The van der Waals surface area contributed by atoms with E-state index in [9.17, 15) is 4.79 Å². The zero-order chi connectivity index (χ0) is 22.7. The highest BCUT2D eigenvalue weighted by Crippen LogP contribution is 2.37. The Morgan fingerprint density at radius 2 is 1.80 bits per heavy atom. The van der Waals surface area contributed by atoms with Gasteiger partial charge >= 0.3 is 5.97 Å². The Balaban J connectivity index is 2.37. The van der Waals surface area contributed by atoms with Crippen molar-refractivity contribution < 1.29 is 18.7 Å². The molecule has 0 radical (unpaired) electrons. The Morgan fingerprint density at radius 3 is 2.37 bits per heavy atom. The zero-order valence-corrected chi connectivity index (χ0v) is 22.1. The molecule has 0 bridgehead atoms. The Hall–Kier alpha value is -1.49. The number of esters is 1. The van der Waals surface area contributed by atoms with Gasteiger partial charge in [-0.1, -0.05) is 52.5 Å². The van der Waals surface area contributed by atoms with Crippen LogP contribution in [0.5, 0.6) is 0 Å². The maximum atomic E-state index is 12.4. The number of fused-ring (bicyclic) bond motifs is 1. The van der Waals surface area contributed by atoms with E-state index >= 15 is 0 Å². The largest absolute Gasteiger partial charge is 0.463 e. The molecule has 8 heteroatoms. The summed E-state index contributed by atoms with van der Waals surface area (Å²) in [5.74, 6) is -0.198. The van der Waals surface area contributed by atoms with Crippen molar-refractivity contribution in [2.75, 3.05) is 13.7 Å². The van der Waals surface area contributed by atoms with Crippen LogP contribution in [-0.2, 0) is 27.2 Å². The number of carbonyl (C=O) groups is 1. The standard InChI is InChI=1S/C22H38N2O4Si2/c1-22(2,3)30(8,9)28-15-17-11-10-12-18-19(17)24(20(23-18)21(25)26-4)16-27-13-14-29(5,6)7/h10-12H,13-16H2,1-9H3. The number of nitrogens with zero attached hydrogens (tertiary/aromatic N) is 2. The second-order valence-corrected chi connectivity index (χ2v) is 21.0. The Labute approximate surface area is 183 Å². The van der Waals surface area contributed by atoms with E-state index in [0.717, 1.165) is 22.6 Å². The molecule has 0 aliphatic carbocycles. The van der Waals surface area contributed by atoms with Crippen molar-refractivity contribution in [1.82, 2.24) is 9.55 Å². The third kappa shape index (κ3) is 6.03. The minimum atomic E-state index is -1.91. The van der Waals surface area contributed by atoms with E-state index in [1.54, 1.807) is 0 Å². The molecule has 2 rings (SSSR count). The van der Waals surface area contributed by atoms with Gasteiger partial charge in [-0.15, -0.1) is 0 Å². The molecule has 1 aromatic heterocycles. The van der Waals surface area contributed by atoms with Crippen molar-refractivity contribution in [2.45, 2.75) is 77.9 Å². The molecule has 0 fully saturated rings. The molecule has 0 atom stereocenters. The van der Waals surface area contributed by atoms with Crippen LogP contribution in [0.2, 0.25) is 43.8 Å². The van der Waals surface area contributed by atoms with Crippen molar-refractivity contribution in [3.63, 3.8) is 0 Å². The fourth-order valence-corrected chi connectivity index (χ4v) is 4.46. The number of carbonyl (C=O) groups excluding carboxylic acids is 1. The molecule has 30 heavy (non-hydrogen) atoms. The third-order valence-electron chi connectivity index (χ3n) is 5.83. The zero-order valence-electron chi connectivity index (χ0n) is 20.1. The van der Waals surface area contributed by atoms with Crippen LogP contribution in [0.3, 0.4) is 0 Å². The van der Waals surface area contributed by atoms with E-state index in [2.05, 4.69) is 58.5 Å². The number of methoxy groups -OCH3 is 1. The fourth-order valence-electron chi connectivity index (χ4n) is 2.76. The predicted molar refractivity (Wildman–Crippen MR) is 127 cm³/mol. The first-order valence-corrected chi connectivity index (χ1v) is 17.2. The highest BCUT2D eigenvalue weighted by atomic mass is 28.4. The summed E-state index contributed by atoms with van der Waals surface area (Å²) in [5, 5.41) is 0.123. The van der Waals surface area contributed by atoms with Crippen molar-refractivity contribution in [3.8, 4) is 0 Å². The first-order valence-electron chi connectivity index (χ1n) is 10.5. The van der Waals surface area contributed by atoms with Crippen molar-refractivity contribution >= 4 is 33.4 Å². The second kappa shape index (κ2) is 9.34. The summed E-state index contributed by atoms with van der Waals surface area (Å²) in [6, 6.07) is 6.97. The maximum Gasteiger partial charge on any atom is 0.374 e. The topological polar surface area (TPSA) is 62.6 Å². The summed E-state index contributed by atoms with van der Waals surface area (Å²) in [7, 11) is -1.73. The molecule has 6 nitrogen and oxygen atoms in total. The molecule has 0 saturated heterocycles. The average Bonchev–Trinajstić information content (AvgIpc) is 3.00. The van der Waals surface area contributed by atoms with E-state index < -0.39 is 22.4 Å². The number of hydrogen-bond acceptors (Lipinski definition) is 5. The monoisotopic (exact) mass is 450 g/mol. The summed E-state index contributed by atoms with van der Waals surface area (Å²) in [6.07, 6.45) is 0. The van der Waals surface area contributed by atoms with Gasteiger partial charge in [-0.25, -0.2) is 9.78 Å². The molecule has 0 amide bonds. The van der Waals surface area contributed by atoms with Gasteiger partial charge in [0.1, 0.15) is 6.73 Å². The lowest BCUT2D eigenvalue weighted by Crippen LogP contribution is -2.40. The fraction of sp³-hybridized carbons (Fsp3) is 0.636. The number of aromatic nitrogens is 2. The lowest BCUT2D eigenvalue weighted by molar-refractivity contribution is 0.0536. The van der Waals surface area contributed by atoms with Gasteiger partial charge in [0.15, 0.2) is 8.32 Å². The van der Waals surface area contributed by atoms with Crippen molar-refractivity contribution in [1.29, 1.82) is 0 Å². The molecule has 0 saturated carbocycles. The van der Waals surface area contributed by atoms with E-state index in [0.29, 0.717) is 13.2 Å². The van der Waals surface area contributed by atoms with E-state index in [1.165, 1.54) is 7.11 Å². The summed E-state index contributed by atoms with van der Waals surface area (Å²) >= 11 is 0. The molecule has 168 valence electrons. The molecule has 0 unspecified atom stereocenters. The van der Waals surface area contributed by atoms with Gasteiger partial charge in [-0.3, -0.25) is 4.57 Å². The Morgan fingerprint density at radius 1 is 1.13 bits per heavy atom. The van der Waals surface area contributed by atoms with E-state index in [4.69, 9.17) is 13.9 Å². The van der Waals surface area contributed by atoms with Gasteiger partial charge in [-0.2, -0.15) is 0 Å². The van der Waals surface area contributed by atoms with Gasteiger partial charge in [0.2, 0.25) is 5.82 Å². The highest BCUT2D eigenvalue weighted by Gasteiger charge is 2.37. The lowest BCUT2D eigenvalue weighted by Gasteiger charge is -2.36. The Bertz CT molecular complexity index is 880. The molecule has 0 N–H and O–H groups in total. The lowest BCUT2D eigenvalue weighted by atomic mass is 10.2. The van der Waals surface area contributed by atoms with E-state index in [-0.39, 0.29) is 17.6 Å². The molecule has 1 heterocycles. The second-order valence-electron chi connectivity index (χ2n) is 10.5. The van der Waals surface area contributed by atoms with Gasteiger partial charge in [0, 0.05) is 20.2 Å². The van der Waals surface area contributed by atoms with Crippen LogP contribution in [0.25, 0.3) is 11.0 Å². The molecule has 1 aromatic carbocycles. The number of benzene rings is 1. The molecular weight excluding hydrogens is 412 g/mol. The molecule has 0 spiro atoms. The van der Waals surface area contributed by atoms with Crippen LogP contribution < -0.4 is 0 Å². The van der Waals surface area contributed by atoms with Gasteiger partial charge in [0.25, 0.3) is 0 Å². The molecule has 0 aliphatic heterocycles. The maximum absolute atomic E-state index is 12.4. The predicted octanol–water partition coefficient (Wildman–Crippen LogP) is 5.66. The quantitative estimate of drug-likeness (QED) is 0.280. The summed E-state index contributed by atoms with van der Waals surface area (Å²) in [4.78, 5) is 16.9. The average molecular weight is 451 g/mol. The van der Waals surface area contributed by atoms with Crippen LogP contribution in [0.15, 0.2) is 18.2 Å². The van der Waals surface area contributed by atoms with Crippen LogP contribution >= 0.6 is 0 Å².